The molecule has 26 heavy (non-hydrogen) atoms. The number of benzene rings is 2. The lowest BCUT2D eigenvalue weighted by atomic mass is 10.1. The molecule has 1 atom stereocenters. The van der Waals surface area contributed by atoms with Crippen molar-refractivity contribution >= 4 is 33.2 Å². The topological polar surface area (TPSA) is 128 Å². The van der Waals surface area contributed by atoms with E-state index in [0.29, 0.717) is 17.0 Å². The summed E-state index contributed by atoms with van der Waals surface area (Å²) in [7, 11) is -3.90. The standard InChI is InChI=1S/C17H17N3O5S/c1-10-6-7-11(8-15(10)26(18,23)24)19-16(21)9-14-17(22)20-12-4-2-3-5-13(12)25-14/h2-8,14H,9H2,1H3,(H,19,21)(H,20,22)(H2,18,23,24)/t14-/m0/s1. The Balaban J connectivity index is 1.71. The number of carbonyl (C=O) groups excluding carboxylic acids is 2. The third-order valence-electron chi connectivity index (χ3n) is 3.86. The van der Waals surface area contributed by atoms with Crippen LogP contribution in [0, 0.1) is 6.92 Å². The number of carbonyl (C=O) groups is 2. The molecule has 0 fully saturated rings. The first-order valence-electron chi connectivity index (χ1n) is 7.74. The lowest BCUT2D eigenvalue weighted by Gasteiger charge is -2.25. The fourth-order valence-electron chi connectivity index (χ4n) is 2.59. The quantitative estimate of drug-likeness (QED) is 0.744. The molecule has 0 saturated carbocycles. The van der Waals surface area contributed by atoms with Crippen LogP contribution < -0.4 is 20.5 Å². The van der Waals surface area contributed by atoms with Gasteiger partial charge in [0.1, 0.15) is 5.75 Å². The zero-order valence-corrected chi connectivity index (χ0v) is 14.7. The van der Waals surface area contributed by atoms with Gasteiger partial charge in [-0.05, 0) is 36.8 Å². The minimum absolute atomic E-state index is 0.0733. The van der Waals surface area contributed by atoms with E-state index in [1.807, 2.05) is 0 Å². The van der Waals surface area contributed by atoms with Gasteiger partial charge in [-0.3, -0.25) is 9.59 Å². The zero-order valence-electron chi connectivity index (χ0n) is 13.9. The van der Waals surface area contributed by atoms with Crippen LogP contribution in [0.1, 0.15) is 12.0 Å². The average molecular weight is 375 g/mol. The molecule has 2 amide bonds. The Hall–Kier alpha value is -2.91. The number of para-hydroxylation sites is 2. The predicted molar refractivity (Wildman–Crippen MR) is 95.3 cm³/mol. The van der Waals surface area contributed by atoms with E-state index >= 15 is 0 Å². The molecule has 4 N–H and O–H groups in total. The second-order valence-corrected chi connectivity index (χ2v) is 7.40. The van der Waals surface area contributed by atoms with E-state index < -0.39 is 27.9 Å². The van der Waals surface area contributed by atoms with Crippen LogP contribution in [-0.4, -0.2) is 26.3 Å². The molecule has 136 valence electrons. The fraction of sp³-hybridized carbons (Fsp3) is 0.176. The van der Waals surface area contributed by atoms with Crippen LogP contribution in [0.5, 0.6) is 5.75 Å². The van der Waals surface area contributed by atoms with Gasteiger partial charge in [0, 0.05) is 5.69 Å². The number of nitrogens with one attached hydrogen (secondary N) is 2. The van der Waals surface area contributed by atoms with Gasteiger partial charge in [0.2, 0.25) is 15.9 Å². The molecule has 2 aromatic carbocycles. The molecule has 2 aromatic rings. The highest BCUT2D eigenvalue weighted by molar-refractivity contribution is 7.89. The van der Waals surface area contributed by atoms with Crippen molar-refractivity contribution in [1.82, 2.24) is 0 Å². The van der Waals surface area contributed by atoms with Crippen LogP contribution in [0.25, 0.3) is 0 Å². The molecule has 0 bridgehead atoms. The van der Waals surface area contributed by atoms with Crippen molar-refractivity contribution in [3.05, 3.63) is 48.0 Å². The lowest BCUT2D eigenvalue weighted by Crippen LogP contribution is -2.39. The first kappa shape index (κ1) is 17.9. The Morgan fingerprint density at radius 3 is 2.73 bits per heavy atom. The van der Waals surface area contributed by atoms with Gasteiger partial charge in [0.05, 0.1) is 17.0 Å². The highest BCUT2D eigenvalue weighted by Gasteiger charge is 2.29. The van der Waals surface area contributed by atoms with Crippen LogP contribution in [0.3, 0.4) is 0 Å². The Morgan fingerprint density at radius 1 is 1.27 bits per heavy atom. The Bertz CT molecular complexity index is 988. The van der Waals surface area contributed by atoms with Crippen molar-refractivity contribution < 1.29 is 22.7 Å². The van der Waals surface area contributed by atoms with Gasteiger partial charge in [-0.1, -0.05) is 18.2 Å². The van der Waals surface area contributed by atoms with Gasteiger partial charge in [0.25, 0.3) is 5.91 Å². The van der Waals surface area contributed by atoms with E-state index in [0.717, 1.165) is 0 Å². The van der Waals surface area contributed by atoms with Crippen LogP contribution in [0.2, 0.25) is 0 Å². The van der Waals surface area contributed by atoms with Crippen molar-refractivity contribution in [3.63, 3.8) is 0 Å². The number of hydrogen-bond acceptors (Lipinski definition) is 5. The second kappa shape index (κ2) is 6.77. The molecule has 0 spiro atoms. The van der Waals surface area contributed by atoms with E-state index in [1.54, 1.807) is 37.3 Å². The van der Waals surface area contributed by atoms with Gasteiger partial charge in [-0.25, -0.2) is 13.6 Å². The van der Waals surface area contributed by atoms with Crippen LogP contribution in [0.15, 0.2) is 47.4 Å². The number of nitrogens with two attached hydrogens (primary N) is 1. The number of ether oxygens (including phenoxy) is 1. The highest BCUT2D eigenvalue weighted by Crippen LogP contribution is 2.29. The minimum Gasteiger partial charge on any atom is -0.478 e. The van der Waals surface area contributed by atoms with Crippen molar-refractivity contribution in [3.8, 4) is 5.75 Å². The number of fused-ring (bicyclic) bond motifs is 1. The number of rotatable bonds is 4. The Morgan fingerprint density at radius 2 is 2.00 bits per heavy atom. The fourth-order valence-corrected chi connectivity index (χ4v) is 3.40. The van der Waals surface area contributed by atoms with Gasteiger partial charge >= 0.3 is 0 Å². The number of primary sulfonamides is 1. The number of hydrogen-bond donors (Lipinski definition) is 3. The van der Waals surface area contributed by atoms with Gasteiger partial charge in [-0.2, -0.15) is 0 Å². The average Bonchev–Trinajstić information content (AvgIpc) is 2.56. The number of aryl methyl sites for hydroxylation is 1. The summed E-state index contributed by atoms with van der Waals surface area (Å²) in [5, 5.41) is 10.4. The van der Waals surface area contributed by atoms with Crippen molar-refractivity contribution in [2.24, 2.45) is 5.14 Å². The molecular weight excluding hydrogens is 358 g/mol. The van der Waals surface area contributed by atoms with Gasteiger partial charge in [-0.15, -0.1) is 0 Å². The summed E-state index contributed by atoms with van der Waals surface area (Å²) in [4.78, 5) is 24.2. The molecular formula is C17H17N3O5S. The third-order valence-corrected chi connectivity index (χ3v) is 4.91. The van der Waals surface area contributed by atoms with Crippen LogP contribution in [0.4, 0.5) is 11.4 Å². The van der Waals surface area contributed by atoms with Crippen molar-refractivity contribution in [2.45, 2.75) is 24.3 Å². The first-order valence-corrected chi connectivity index (χ1v) is 9.28. The maximum absolute atomic E-state index is 12.2. The third kappa shape index (κ3) is 3.84. The molecule has 1 aliphatic rings. The maximum Gasteiger partial charge on any atom is 0.266 e. The number of anilines is 2. The summed E-state index contributed by atoms with van der Waals surface area (Å²) in [5.41, 5.74) is 1.28. The second-order valence-electron chi connectivity index (χ2n) is 5.87. The first-order chi connectivity index (χ1) is 12.2. The summed E-state index contributed by atoms with van der Waals surface area (Å²) < 4.78 is 28.7. The van der Waals surface area contributed by atoms with E-state index in [2.05, 4.69) is 10.6 Å². The molecule has 3 rings (SSSR count). The summed E-state index contributed by atoms with van der Waals surface area (Å²) in [6.45, 7) is 1.60. The summed E-state index contributed by atoms with van der Waals surface area (Å²) in [6, 6.07) is 11.3. The smallest absolute Gasteiger partial charge is 0.266 e. The molecule has 0 radical (unpaired) electrons. The molecule has 1 heterocycles. The summed E-state index contributed by atoms with van der Waals surface area (Å²) >= 11 is 0. The lowest BCUT2D eigenvalue weighted by molar-refractivity contribution is -0.128. The van der Waals surface area contributed by atoms with E-state index in [9.17, 15) is 18.0 Å². The van der Waals surface area contributed by atoms with E-state index in [4.69, 9.17) is 9.88 Å². The van der Waals surface area contributed by atoms with Crippen LogP contribution in [-0.2, 0) is 19.6 Å². The summed E-state index contributed by atoms with van der Waals surface area (Å²) in [6.07, 6.45) is -1.20. The number of sulfonamides is 1. The minimum atomic E-state index is -3.90. The molecule has 0 aromatic heterocycles. The van der Waals surface area contributed by atoms with Crippen LogP contribution >= 0.6 is 0 Å². The predicted octanol–water partition coefficient (Wildman–Crippen LogP) is 1.37. The zero-order chi connectivity index (χ0) is 18.9. The largest absolute Gasteiger partial charge is 0.478 e. The Labute approximate surface area is 150 Å². The molecule has 9 heteroatoms. The van der Waals surface area contributed by atoms with E-state index in [-0.39, 0.29) is 17.0 Å². The van der Waals surface area contributed by atoms with Gasteiger partial charge < -0.3 is 15.4 Å². The normalized spacial score (nSPS) is 16.2. The Kier molecular flexibility index (Phi) is 4.66. The SMILES string of the molecule is Cc1ccc(NC(=O)C[C@@H]2Oc3ccccc3NC2=O)cc1S(N)(=O)=O. The molecule has 0 unspecified atom stereocenters. The van der Waals surface area contributed by atoms with Crippen molar-refractivity contribution in [2.75, 3.05) is 10.6 Å². The molecule has 8 nitrogen and oxygen atoms in total. The molecule has 0 aliphatic carbocycles. The highest BCUT2D eigenvalue weighted by atomic mass is 32.2. The maximum atomic E-state index is 12.2. The molecule has 0 saturated heterocycles. The van der Waals surface area contributed by atoms with Crippen molar-refractivity contribution in [1.29, 1.82) is 0 Å². The summed E-state index contributed by atoms with van der Waals surface area (Å²) in [5.74, 6) is -0.432. The van der Waals surface area contributed by atoms with Gasteiger partial charge in [0.15, 0.2) is 6.10 Å². The van der Waals surface area contributed by atoms with E-state index in [1.165, 1.54) is 12.1 Å². The monoisotopic (exact) mass is 375 g/mol. The molecule has 1 aliphatic heterocycles. The number of amides is 2.